The van der Waals surface area contributed by atoms with E-state index < -0.39 is 16.0 Å². The molecule has 0 saturated heterocycles. The number of halogens is 1. The molecule has 0 saturated carbocycles. The van der Waals surface area contributed by atoms with Gasteiger partial charge in [-0.05, 0) is 98.5 Å². The van der Waals surface area contributed by atoms with E-state index in [4.69, 9.17) is 16.3 Å². The summed E-state index contributed by atoms with van der Waals surface area (Å²) in [5.74, 6) is -0.443. The van der Waals surface area contributed by atoms with Crippen molar-refractivity contribution >= 4 is 27.6 Å². The molecule has 0 bridgehead atoms. The zero-order valence-corrected chi connectivity index (χ0v) is 21.9. The van der Waals surface area contributed by atoms with Crippen LogP contribution in [0.2, 0.25) is 5.02 Å². The molecule has 3 aromatic rings. The van der Waals surface area contributed by atoms with Crippen LogP contribution in [0.15, 0.2) is 47.4 Å². The Bertz CT molecular complexity index is 1330. The molecule has 4 rings (SSSR count). The lowest BCUT2D eigenvalue weighted by Gasteiger charge is -2.24. The number of rotatable bonds is 8. The van der Waals surface area contributed by atoms with Crippen molar-refractivity contribution in [3.8, 4) is 0 Å². The van der Waals surface area contributed by atoms with Crippen molar-refractivity contribution in [1.29, 1.82) is 0 Å². The fourth-order valence-corrected chi connectivity index (χ4v) is 6.22. The molecule has 35 heavy (non-hydrogen) atoms. The van der Waals surface area contributed by atoms with Crippen LogP contribution in [0.25, 0.3) is 0 Å². The molecule has 0 radical (unpaired) electrons. The van der Waals surface area contributed by atoms with E-state index in [1.807, 2.05) is 38.1 Å². The number of nitrogens with zero attached hydrogens (tertiary/aromatic N) is 1. The van der Waals surface area contributed by atoms with Crippen LogP contribution in [0.4, 0.5) is 0 Å². The van der Waals surface area contributed by atoms with Crippen molar-refractivity contribution in [3.63, 3.8) is 0 Å². The summed E-state index contributed by atoms with van der Waals surface area (Å²) in [7, 11) is -3.83. The summed E-state index contributed by atoms with van der Waals surface area (Å²) >= 11 is 6.05. The maximum atomic E-state index is 14.0. The lowest BCUT2D eigenvalue weighted by Crippen LogP contribution is -2.31. The third-order valence-electron chi connectivity index (χ3n) is 6.64. The minimum atomic E-state index is -3.83. The second-order valence-electron chi connectivity index (χ2n) is 8.99. The highest BCUT2D eigenvalue weighted by Crippen LogP contribution is 2.29. The van der Waals surface area contributed by atoms with Crippen molar-refractivity contribution in [2.45, 2.75) is 64.4 Å². The molecule has 1 aromatic heterocycles. The van der Waals surface area contributed by atoms with E-state index in [0.29, 0.717) is 21.2 Å². The average Bonchev–Trinajstić information content (AvgIpc) is 3.13. The quantitative estimate of drug-likeness (QED) is 0.389. The molecule has 186 valence electrons. The Morgan fingerprint density at radius 2 is 1.71 bits per heavy atom. The van der Waals surface area contributed by atoms with Crippen molar-refractivity contribution in [1.82, 2.24) is 9.29 Å². The maximum Gasteiger partial charge on any atom is 0.355 e. The Hall–Kier alpha value is -2.61. The number of ether oxygens (including phenoxy) is 1. The van der Waals surface area contributed by atoms with Gasteiger partial charge in [-0.1, -0.05) is 29.8 Å². The minimum Gasteiger partial charge on any atom is -0.461 e. The van der Waals surface area contributed by atoms with Crippen LogP contribution in [-0.4, -0.2) is 30.3 Å². The number of benzene rings is 2. The van der Waals surface area contributed by atoms with E-state index in [1.54, 1.807) is 25.1 Å². The topological polar surface area (TPSA) is 79.5 Å². The molecule has 1 heterocycles. The Morgan fingerprint density at radius 1 is 1.03 bits per heavy atom. The normalized spacial score (nSPS) is 13.6. The van der Waals surface area contributed by atoms with Crippen LogP contribution in [-0.2, 0) is 40.7 Å². The van der Waals surface area contributed by atoms with Crippen LogP contribution < -0.4 is 0 Å². The summed E-state index contributed by atoms with van der Waals surface area (Å²) in [6.45, 7) is 5.98. The zero-order chi connectivity index (χ0) is 25.2. The number of aromatic amines is 1. The molecule has 0 fully saturated rings. The van der Waals surface area contributed by atoms with Crippen molar-refractivity contribution < 1.29 is 17.9 Å². The molecule has 0 spiro atoms. The number of aromatic nitrogens is 1. The van der Waals surface area contributed by atoms with Gasteiger partial charge in [0, 0.05) is 23.8 Å². The monoisotopic (exact) mass is 514 g/mol. The number of aryl methyl sites for hydroxylation is 3. The molecule has 1 aliphatic rings. The zero-order valence-electron chi connectivity index (χ0n) is 20.4. The molecule has 6 nitrogen and oxygen atoms in total. The van der Waals surface area contributed by atoms with Gasteiger partial charge in [0.15, 0.2) is 0 Å². The van der Waals surface area contributed by atoms with Gasteiger partial charge in [0.25, 0.3) is 0 Å². The number of H-pyrrole nitrogens is 1. The summed E-state index contributed by atoms with van der Waals surface area (Å²) in [5.41, 5.74) is 5.74. The fourth-order valence-electron chi connectivity index (χ4n) is 4.65. The molecule has 0 amide bonds. The number of sulfonamides is 1. The van der Waals surface area contributed by atoms with Gasteiger partial charge in [0.05, 0.1) is 11.5 Å². The van der Waals surface area contributed by atoms with E-state index in [1.165, 1.54) is 9.87 Å². The summed E-state index contributed by atoms with van der Waals surface area (Å²) in [6.07, 6.45) is 4.09. The number of hydrogen-bond acceptors (Lipinski definition) is 4. The lowest BCUT2D eigenvalue weighted by atomic mass is 9.92. The van der Waals surface area contributed by atoms with Gasteiger partial charge in [0.1, 0.15) is 5.69 Å². The third-order valence-corrected chi connectivity index (χ3v) is 8.68. The number of hydrogen-bond donors (Lipinski definition) is 1. The van der Waals surface area contributed by atoms with Gasteiger partial charge in [-0.3, -0.25) is 0 Å². The standard InChI is InChI=1S/C27H31ClN2O4S/c1-4-34-27(31)26-18(2)25(19(3)29-26)17-30(16-20-9-12-23(28)13-10-20)35(32,33)24-14-11-21-7-5-6-8-22(21)15-24/h9-15,29H,4-8,16-17H2,1-3H3. The summed E-state index contributed by atoms with van der Waals surface area (Å²) < 4.78 is 34.6. The van der Waals surface area contributed by atoms with Gasteiger partial charge >= 0.3 is 5.97 Å². The van der Waals surface area contributed by atoms with Gasteiger partial charge in [0.2, 0.25) is 10.0 Å². The summed E-state index contributed by atoms with van der Waals surface area (Å²) in [4.78, 5) is 15.8. The highest BCUT2D eigenvalue weighted by atomic mass is 35.5. The second-order valence-corrected chi connectivity index (χ2v) is 11.4. The molecule has 0 aliphatic heterocycles. The van der Waals surface area contributed by atoms with Crippen LogP contribution in [0.3, 0.4) is 0 Å². The van der Waals surface area contributed by atoms with Crippen LogP contribution in [0.1, 0.15) is 63.8 Å². The van der Waals surface area contributed by atoms with Gasteiger partial charge < -0.3 is 9.72 Å². The average molecular weight is 515 g/mol. The van der Waals surface area contributed by atoms with Gasteiger partial charge in [-0.15, -0.1) is 0 Å². The number of fused-ring (bicyclic) bond motifs is 1. The van der Waals surface area contributed by atoms with Crippen molar-refractivity contribution in [2.75, 3.05) is 6.61 Å². The fraction of sp³-hybridized carbons (Fsp3) is 0.370. The van der Waals surface area contributed by atoms with Crippen LogP contribution in [0.5, 0.6) is 0 Å². The highest BCUT2D eigenvalue weighted by Gasteiger charge is 2.29. The highest BCUT2D eigenvalue weighted by molar-refractivity contribution is 7.89. The molecular formula is C27H31ClN2O4S. The predicted octanol–water partition coefficient (Wildman–Crippen LogP) is 5.73. The van der Waals surface area contributed by atoms with E-state index in [2.05, 4.69) is 4.98 Å². The second kappa shape index (κ2) is 10.6. The summed E-state index contributed by atoms with van der Waals surface area (Å²) in [5, 5.41) is 0.592. The Labute approximate surface area is 212 Å². The Kier molecular flexibility index (Phi) is 7.69. The van der Waals surface area contributed by atoms with E-state index in [-0.39, 0.29) is 19.7 Å². The summed E-state index contributed by atoms with van der Waals surface area (Å²) in [6, 6.07) is 12.7. The Balaban J connectivity index is 1.73. The van der Waals surface area contributed by atoms with Crippen LogP contribution in [0, 0.1) is 13.8 Å². The Morgan fingerprint density at radius 3 is 2.40 bits per heavy atom. The van der Waals surface area contributed by atoms with Crippen LogP contribution >= 0.6 is 11.6 Å². The first-order valence-corrected chi connectivity index (χ1v) is 13.7. The van der Waals surface area contributed by atoms with E-state index >= 15 is 0 Å². The van der Waals surface area contributed by atoms with E-state index in [0.717, 1.165) is 48.1 Å². The lowest BCUT2D eigenvalue weighted by molar-refractivity contribution is 0.0519. The SMILES string of the molecule is CCOC(=O)c1[nH]c(C)c(CN(Cc2ccc(Cl)cc2)S(=O)(=O)c2ccc3c(c2)CCCC3)c1C. The first-order chi connectivity index (χ1) is 16.7. The van der Waals surface area contributed by atoms with Gasteiger partial charge in [-0.25, -0.2) is 13.2 Å². The minimum absolute atomic E-state index is 0.121. The number of esters is 1. The molecule has 2 aromatic carbocycles. The molecule has 0 atom stereocenters. The molecule has 1 N–H and O–H groups in total. The molecule has 0 unspecified atom stereocenters. The molecule has 1 aliphatic carbocycles. The first kappa shape index (κ1) is 25.5. The third kappa shape index (κ3) is 5.47. The first-order valence-electron chi connectivity index (χ1n) is 11.9. The predicted molar refractivity (Wildman–Crippen MR) is 137 cm³/mol. The number of carbonyl (C=O) groups is 1. The molecule has 8 heteroatoms. The largest absolute Gasteiger partial charge is 0.461 e. The van der Waals surface area contributed by atoms with Gasteiger partial charge in [-0.2, -0.15) is 4.31 Å². The number of carbonyl (C=O) groups excluding carboxylic acids is 1. The molecular weight excluding hydrogens is 484 g/mol. The smallest absolute Gasteiger partial charge is 0.355 e. The van der Waals surface area contributed by atoms with E-state index in [9.17, 15) is 13.2 Å². The van der Waals surface area contributed by atoms with Crippen molar-refractivity contribution in [2.24, 2.45) is 0 Å². The maximum absolute atomic E-state index is 14.0. The number of nitrogens with one attached hydrogen (secondary N) is 1. The van der Waals surface area contributed by atoms with Crippen molar-refractivity contribution in [3.05, 3.63) is 86.7 Å².